The minimum absolute atomic E-state index is 0.132. The van der Waals surface area contributed by atoms with Gasteiger partial charge in [-0.3, -0.25) is 4.98 Å². The molecule has 2 nitrogen and oxygen atoms in total. The molecule has 1 aromatic carbocycles. The van der Waals surface area contributed by atoms with Crippen molar-refractivity contribution in [2.45, 2.75) is 38.2 Å². The van der Waals surface area contributed by atoms with Crippen LogP contribution in [0.2, 0.25) is 0 Å². The molecule has 98 valence electrons. The second-order valence-corrected chi connectivity index (χ2v) is 5.40. The van der Waals surface area contributed by atoms with Crippen LogP contribution in [0.3, 0.4) is 0 Å². The molecule has 0 bridgehead atoms. The van der Waals surface area contributed by atoms with Gasteiger partial charge in [0.05, 0.1) is 6.10 Å². The van der Waals surface area contributed by atoms with E-state index in [1.165, 1.54) is 11.1 Å². The fraction of sp³-hybridized carbons (Fsp3) is 0.353. The zero-order valence-corrected chi connectivity index (χ0v) is 11.2. The van der Waals surface area contributed by atoms with Gasteiger partial charge in [0.25, 0.3) is 0 Å². The Labute approximate surface area is 114 Å². The third kappa shape index (κ3) is 2.41. The molecule has 2 unspecified atom stereocenters. The fourth-order valence-electron chi connectivity index (χ4n) is 2.95. The molecule has 0 amide bonds. The van der Waals surface area contributed by atoms with Crippen LogP contribution in [0.15, 0.2) is 42.6 Å². The lowest BCUT2D eigenvalue weighted by Crippen LogP contribution is -2.18. The lowest BCUT2D eigenvalue weighted by molar-refractivity contribution is 0.134. The van der Waals surface area contributed by atoms with Crippen molar-refractivity contribution in [2.75, 3.05) is 0 Å². The number of aliphatic hydroxyl groups excluding tert-OH is 1. The quantitative estimate of drug-likeness (QED) is 0.888. The molecule has 1 aromatic heterocycles. The monoisotopic (exact) mass is 253 g/mol. The van der Waals surface area contributed by atoms with Gasteiger partial charge in [-0.2, -0.15) is 0 Å². The van der Waals surface area contributed by atoms with Gasteiger partial charge < -0.3 is 5.11 Å². The third-order valence-corrected chi connectivity index (χ3v) is 4.04. The largest absolute Gasteiger partial charge is 0.388 e. The molecular formula is C17H19NO. The molecule has 0 saturated heterocycles. The highest BCUT2D eigenvalue weighted by atomic mass is 16.3. The maximum atomic E-state index is 10.6. The Morgan fingerprint density at radius 3 is 2.79 bits per heavy atom. The number of fused-ring (bicyclic) bond motifs is 1. The van der Waals surface area contributed by atoms with Crippen molar-refractivity contribution < 1.29 is 5.11 Å². The molecule has 2 atom stereocenters. The second-order valence-electron chi connectivity index (χ2n) is 5.40. The molecule has 2 aromatic rings. The molecule has 1 aliphatic carbocycles. The summed E-state index contributed by atoms with van der Waals surface area (Å²) in [6, 6.07) is 12.3. The predicted octanol–water partition coefficient (Wildman–Crippen LogP) is 3.54. The minimum Gasteiger partial charge on any atom is -0.388 e. The Morgan fingerprint density at radius 1 is 1.21 bits per heavy atom. The highest BCUT2D eigenvalue weighted by Gasteiger charge is 2.28. The summed E-state index contributed by atoms with van der Waals surface area (Å²) in [5.41, 5.74) is 4.60. The van der Waals surface area contributed by atoms with Crippen molar-refractivity contribution >= 4 is 0 Å². The minimum atomic E-state index is -0.449. The Kier molecular flexibility index (Phi) is 3.34. The summed E-state index contributed by atoms with van der Waals surface area (Å²) in [7, 11) is 0. The normalized spacial score (nSPS) is 19.8. The van der Waals surface area contributed by atoms with E-state index in [4.69, 9.17) is 0 Å². The molecule has 1 N–H and O–H groups in total. The zero-order chi connectivity index (χ0) is 13.2. The molecule has 3 rings (SSSR count). The van der Waals surface area contributed by atoms with Crippen LogP contribution in [0, 0.1) is 6.92 Å². The summed E-state index contributed by atoms with van der Waals surface area (Å²) < 4.78 is 0. The molecule has 0 fully saturated rings. The summed E-state index contributed by atoms with van der Waals surface area (Å²) >= 11 is 0. The lowest BCUT2D eigenvalue weighted by Gasteiger charge is -2.28. The average molecular weight is 253 g/mol. The van der Waals surface area contributed by atoms with Crippen LogP contribution in [0.5, 0.6) is 0 Å². The first kappa shape index (κ1) is 12.4. The Hall–Kier alpha value is -1.67. The summed E-state index contributed by atoms with van der Waals surface area (Å²) in [6.07, 6.45) is 4.61. The number of nitrogens with zero attached hydrogens (tertiary/aromatic N) is 1. The number of aryl methyl sites for hydroxylation is 2. The van der Waals surface area contributed by atoms with E-state index >= 15 is 0 Å². The summed E-state index contributed by atoms with van der Waals surface area (Å²) in [6.45, 7) is 2.06. The lowest BCUT2D eigenvalue weighted by atomic mass is 9.81. The Morgan fingerprint density at radius 2 is 2.00 bits per heavy atom. The van der Waals surface area contributed by atoms with Crippen LogP contribution in [-0.4, -0.2) is 10.1 Å². The van der Waals surface area contributed by atoms with Gasteiger partial charge in [0, 0.05) is 17.8 Å². The van der Waals surface area contributed by atoms with Crippen LogP contribution in [0.1, 0.15) is 47.2 Å². The first-order chi connectivity index (χ1) is 9.25. The summed E-state index contributed by atoms with van der Waals surface area (Å²) in [4.78, 5) is 4.50. The Balaban J connectivity index is 1.92. The molecule has 1 heterocycles. The molecule has 0 saturated carbocycles. The van der Waals surface area contributed by atoms with E-state index in [9.17, 15) is 5.11 Å². The predicted molar refractivity (Wildman–Crippen MR) is 76.1 cm³/mol. The van der Waals surface area contributed by atoms with Gasteiger partial charge in [-0.25, -0.2) is 0 Å². The van der Waals surface area contributed by atoms with Crippen molar-refractivity contribution in [2.24, 2.45) is 0 Å². The standard InChI is InChI=1S/C17H19NO/c1-12-7-9-14(10-8-12)17(19)15-6-2-4-13-5-3-11-18-16(13)15/h3,5,7-11,15,17,19H,2,4,6H2,1H3. The molecule has 0 radical (unpaired) electrons. The van der Waals surface area contributed by atoms with Gasteiger partial charge in [-0.15, -0.1) is 0 Å². The molecule has 0 aliphatic heterocycles. The number of aliphatic hydroxyl groups is 1. The van der Waals surface area contributed by atoms with Gasteiger partial charge in [0.15, 0.2) is 0 Å². The number of rotatable bonds is 2. The van der Waals surface area contributed by atoms with E-state index in [0.29, 0.717) is 0 Å². The van der Waals surface area contributed by atoms with Crippen LogP contribution in [0.25, 0.3) is 0 Å². The summed E-state index contributed by atoms with van der Waals surface area (Å²) in [5, 5.41) is 10.6. The average Bonchev–Trinajstić information content (AvgIpc) is 2.47. The second kappa shape index (κ2) is 5.14. The van der Waals surface area contributed by atoms with E-state index in [1.807, 2.05) is 24.4 Å². The van der Waals surface area contributed by atoms with Crippen LogP contribution < -0.4 is 0 Å². The van der Waals surface area contributed by atoms with Crippen molar-refractivity contribution in [1.29, 1.82) is 0 Å². The van der Waals surface area contributed by atoms with Gasteiger partial charge in [0.2, 0.25) is 0 Å². The Bertz CT molecular complexity index is 562. The third-order valence-electron chi connectivity index (χ3n) is 4.04. The van der Waals surface area contributed by atoms with Gasteiger partial charge in [-0.1, -0.05) is 35.9 Å². The van der Waals surface area contributed by atoms with Crippen molar-refractivity contribution in [1.82, 2.24) is 4.98 Å². The first-order valence-corrected chi connectivity index (χ1v) is 6.94. The van der Waals surface area contributed by atoms with E-state index in [-0.39, 0.29) is 5.92 Å². The van der Waals surface area contributed by atoms with Gasteiger partial charge in [-0.05, 0) is 43.4 Å². The fourth-order valence-corrected chi connectivity index (χ4v) is 2.95. The van der Waals surface area contributed by atoms with Crippen LogP contribution >= 0.6 is 0 Å². The number of hydrogen-bond donors (Lipinski definition) is 1. The number of pyridine rings is 1. The highest BCUT2D eigenvalue weighted by molar-refractivity contribution is 5.31. The maximum absolute atomic E-state index is 10.6. The van der Waals surface area contributed by atoms with E-state index in [1.54, 1.807) is 0 Å². The van der Waals surface area contributed by atoms with Crippen LogP contribution in [0.4, 0.5) is 0 Å². The molecule has 2 heteroatoms. The SMILES string of the molecule is Cc1ccc(C(O)C2CCCc3cccnc32)cc1. The highest BCUT2D eigenvalue weighted by Crippen LogP contribution is 2.38. The van der Waals surface area contributed by atoms with E-state index < -0.39 is 6.10 Å². The molecule has 0 spiro atoms. The number of hydrogen-bond acceptors (Lipinski definition) is 2. The zero-order valence-electron chi connectivity index (χ0n) is 11.2. The van der Waals surface area contributed by atoms with Crippen LogP contribution in [-0.2, 0) is 6.42 Å². The van der Waals surface area contributed by atoms with E-state index in [2.05, 4.69) is 30.1 Å². The van der Waals surface area contributed by atoms with Gasteiger partial charge in [0.1, 0.15) is 0 Å². The van der Waals surface area contributed by atoms with Gasteiger partial charge >= 0.3 is 0 Å². The van der Waals surface area contributed by atoms with Crippen molar-refractivity contribution in [3.8, 4) is 0 Å². The molecular weight excluding hydrogens is 234 g/mol. The van der Waals surface area contributed by atoms with E-state index in [0.717, 1.165) is 30.5 Å². The van der Waals surface area contributed by atoms with Crippen molar-refractivity contribution in [3.05, 3.63) is 65.0 Å². The number of benzene rings is 1. The first-order valence-electron chi connectivity index (χ1n) is 6.94. The molecule has 19 heavy (non-hydrogen) atoms. The topological polar surface area (TPSA) is 33.1 Å². The smallest absolute Gasteiger partial charge is 0.0873 e. The molecule has 1 aliphatic rings. The summed E-state index contributed by atoms with van der Waals surface area (Å²) in [5.74, 6) is 0.132. The number of aromatic nitrogens is 1. The maximum Gasteiger partial charge on any atom is 0.0873 e. The van der Waals surface area contributed by atoms with Crippen molar-refractivity contribution in [3.63, 3.8) is 0 Å².